The van der Waals surface area contributed by atoms with Crippen LogP contribution >= 0.6 is 11.8 Å². The zero-order valence-electron chi connectivity index (χ0n) is 13.5. The molecule has 0 saturated carbocycles. The molecule has 6 nitrogen and oxygen atoms in total. The van der Waals surface area contributed by atoms with Crippen LogP contribution in [0, 0.1) is 11.3 Å². The second-order valence-electron chi connectivity index (χ2n) is 5.82. The number of benzene rings is 1. The van der Waals surface area contributed by atoms with Crippen molar-refractivity contribution in [2.24, 2.45) is 0 Å². The van der Waals surface area contributed by atoms with Crippen molar-refractivity contribution < 1.29 is 0 Å². The molecule has 25 heavy (non-hydrogen) atoms. The summed E-state index contributed by atoms with van der Waals surface area (Å²) in [6.07, 6.45) is 4.76. The molecule has 0 unspecified atom stereocenters. The molecule has 0 fully saturated rings. The minimum absolute atomic E-state index is 0.222. The van der Waals surface area contributed by atoms with Crippen LogP contribution in [0.5, 0.6) is 0 Å². The van der Waals surface area contributed by atoms with Gasteiger partial charge in [0.25, 0.3) is 0 Å². The van der Waals surface area contributed by atoms with Gasteiger partial charge in [0.1, 0.15) is 17.5 Å². The van der Waals surface area contributed by atoms with Gasteiger partial charge < -0.3 is 5.73 Å². The van der Waals surface area contributed by atoms with E-state index in [0.717, 1.165) is 30.6 Å². The lowest BCUT2D eigenvalue weighted by Gasteiger charge is -2.04. The Labute approximate surface area is 149 Å². The number of anilines is 1. The number of nitrogens with two attached hydrogens (primary N) is 1. The van der Waals surface area contributed by atoms with Crippen molar-refractivity contribution in [2.75, 3.05) is 5.73 Å². The van der Waals surface area contributed by atoms with Gasteiger partial charge in [-0.25, -0.2) is 14.6 Å². The maximum absolute atomic E-state index is 8.90. The Morgan fingerprint density at radius 2 is 2.08 bits per heavy atom. The first-order valence-electron chi connectivity index (χ1n) is 8.06. The Morgan fingerprint density at radius 1 is 1.24 bits per heavy atom. The van der Waals surface area contributed by atoms with E-state index >= 15 is 0 Å². The molecule has 0 bridgehead atoms. The zero-order chi connectivity index (χ0) is 17.2. The number of fused-ring (bicyclic) bond motifs is 1. The number of thioether (sulfide) groups is 1. The molecule has 0 radical (unpaired) electrons. The highest BCUT2D eigenvalue weighted by molar-refractivity contribution is 7.98. The lowest BCUT2D eigenvalue weighted by atomic mass is 10.2. The van der Waals surface area contributed by atoms with E-state index in [1.165, 1.54) is 29.2 Å². The molecule has 3 aromatic rings. The summed E-state index contributed by atoms with van der Waals surface area (Å²) in [7, 11) is 0. The smallest absolute Gasteiger partial charge is 0.189 e. The van der Waals surface area contributed by atoms with Crippen LogP contribution in [0.25, 0.3) is 5.69 Å². The van der Waals surface area contributed by atoms with Gasteiger partial charge in [0.05, 0.1) is 17.6 Å². The maximum Gasteiger partial charge on any atom is 0.189 e. The molecule has 1 aliphatic rings. The third-order valence-corrected chi connectivity index (χ3v) is 5.14. The average molecular weight is 348 g/mol. The number of para-hydroxylation sites is 1. The van der Waals surface area contributed by atoms with E-state index in [2.05, 4.69) is 26.8 Å². The maximum atomic E-state index is 8.90. The molecule has 7 heteroatoms. The van der Waals surface area contributed by atoms with Crippen molar-refractivity contribution in [3.05, 3.63) is 59.0 Å². The summed E-state index contributed by atoms with van der Waals surface area (Å²) in [4.78, 5) is 8.39. The van der Waals surface area contributed by atoms with Crippen molar-refractivity contribution >= 4 is 17.6 Å². The summed E-state index contributed by atoms with van der Waals surface area (Å²) < 4.78 is 2.06. The number of rotatable bonds is 4. The largest absolute Gasteiger partial charge is 0.382 e. The van der Waals surface area contributed by atoms with E-state index in [1.54, 1.807) is 0 Å². The molecular formula is C18H16N6S. The average Bonchev–Trinajstić information content (AvgIpc) is 3.24. The Balaban J connectivity index is 1.60. The highest BCUT2D eigenvalue weighted by atomic mass is 32.2. The van der Waals surface area contributed by atoms with Crippen LogP contribution in [0.3, 0.4) is 0 Å². The molecule has 0 atom stereocenters. The highest BCUT2D eigenvalue weighted by Crippen LogP contribution is 2.31. The van der Waals surface area contributed by atoms with E-state index in [1.807, 2.05) is 24.3 Å². The number of aromatic nitrogens is 4. The number of nitriles is 1. The quantitative estimate of drug-likeness (QED) is 0.575. The van der Waals surface area contributed by atoms with Crippen LogP contribution in [-0.2, 0) is 18.6 Å². The van der Waals surface area contributed by atoms with Crippen LogP contribution < -0.4 is 5.73 Å². The molecule has 4 rings (SSSR count). The van der Waals surface area contributed by atoms with Crippen molar-refractivity contribution in [1.82, 2.24) is 19.7 Å². The topological polar surface area (TPSA) is 93.4 Å². The van der Waals surface area contributed by atoms with Crippen molar-refractivity contribution in [3.63, 3.8) is 0 Å². The van der Waals surface area contributed by atoms with E-state index in [-0.39, 0.29) is 5.82 Å². The van der Waals surface area contributed by atoms with Crippen LogP contribution in [0.1, 0.15) is 28.9 Å². The van der Waals surface area contributed by atoms with E-state index in [4.69, 9.17) is 16.1 Å². The normalized spacial score (nSPS) is 12.8. The van der Waals surface area contributed by atoms with E-state index in [0.29, 0.717) is 16.5 Å². The monoisotopic (exact) mass is 348 g/mol. The molecule has 1 aromatic carbocycles. The molecule has 2 aromatic heterocycles. The Bertz CT molecular complexity index is 958. The second kappa shape index (κ2) is 6.57. The standard InChI is InChI=1S/C18H16N6S/c19-9-12-10-21-18(22-17(12)20)25-11-15-14-7-4-8-16(14)24(23-15)13-5-2-1-3-6-13/h1-3,5-6,10H,4,7-8,11H2,(H2,20,21,22). The third kappa shape index (κ3) is 2.96. The van der Waals surface area contributed by atoms with Crippen LogP contribution in [-0.4, -0.2) is 19.7 Å². The molecule has 0 amide bonds. The summed E-state index contributed by atoms with van der Waals surface area (Å²) in [6.45, 7) is 0. The molecular weight excluding hydrogens is 332 g/mol. The summed E-state index contributed by atoms with van der Waals surface area (Å²) in [5.74, 6) is 0.910. The number of hydrogen-bond donors (Lipinski definition) is 1. The fourth-order valence-corrected chi connectivity index (χ4v) is 3.87. The predicted octanol–water partition coefficient (Wildman–Crippen LogP) is 2.90. The minimum Gasteiger partial charge on any atom is -0.382 e. The highest BCUT2D eigenvalue weighted by Gasteiger charge is 2.23. The number of nitrogens with zero attached hydrogens (tertiary/aromatic N) is 5. The zero-order valence-corrected chi connectivity index (χ0v) is 14.3. The van der Waals surface area contributed by atoms with Gasteiger partial charge in [-0.05, 0) is 37.0 Å². The Morgan fingerprint density at radius 3 is 2.84 bits per heavy atom. The molecule has 2 heterocycles. The Hall–Kier alpha value is -2.85. The van der Waals surface area contributed by atoms with Gasteiger partial charge in [0.2, 0.25) is 0 Å². The molecule has 2 N–H and O–H groups in total. The van der Waals surface area contributed by atoms with Gasteiger partial charge in [-0.1, -0.05) is 30.0 Å². The van der Waals surface area contributed by atoms with E-state index in [9.17, 15) is 0 Å². The van der Waals surface area contributed by atoms with Crippen molar-refractivity contribution in [2.45, 2.75) is 30.2 Å². The predicted molar refractivity (Wildman–Crippen MR) is 96.3 cm³/mol. The van der Waals surface area contributed by atoms with Gasteiger partial charge >= 0.3 is 0 Å². The number of nitrogen functional groups attached to an aromatic ring is 1. The van der Waals surface area contributed by atoms with Crippen LogP contribution in [0.2, 0.25) is 0 Å². The molecule has 0 saturated heterocycles. The summed E-state index contributed by atoms with van der Waals surface area (Å²) in [6, 6.07) is 12.2. The van der Waals surface area contributed by atoms with Crippen molar-refractivity contribution in [1.29, 1.82) is 5.26 Å². The molecule has 1 aliphatic carbocycles. The fraction of sp³-hybridized carbons (Fsp3) is 0.222. The van der Waals surface area contributed by atoms with Gasteiger partial charge in [-0.15, -0.1) is 0 Å². The Kier molecular flexibility index (Phi) is 4.12. The molecule has 0 spiro atoms. The SMILES string of the molecule is N#Cc1cnc(SCc2nn(-c3ccccc3)c3c2CCC3)nc1N. The first-order valence-corrected chi connectivity index (χ1v) is 9.05. The van der Waals surface area contributed by atoms with Gasteiger partial charge in [-0.3, -0.25) is 0 Å². The second-order valence-corrected chi connectivity index (χ2v) is 6.77. The molecule has 0 aliphatic heterocycles. The lowest BCUT2D eigenvalue weighted by Crippen LogP contribution is -2.01. The fourth-order valence-electron chi connectivity index (χ4n) is 3.08. The van der Waals surface area contributed by atoms with Gasteiger partial charge in [0, 0.05) is 11.4 Å². The number of hydrogen-bond acceptors (Lipinski definition) is 6. The third-order valence-electron chi connectivity index (χ3n) is 4.27. The van der Waals surface area contributed by atoms with Crippen molar-refractivity contribution in [3.8, 4) is 11.8 Å². The van der Waals surface area contributed by atoms with Crippen LogP contribution in [0.15, 0.2) is 41.7 Å². The summed E-state index contributed by atoms with van der Waals surface area (Å²) in [5, 5.41) is 14.3. The summed E-state index contributed by atoms with van der Waals surface area (Å²) in [5.41, 5.74) is 10.9. The first kappa shape index (κ1) is 15.7. The van der Waals surface area contributed by atoms with Crippen LogP contribution in [0.4, 0.5) is 5.82 Å². The lowest BCUT2D eigenvalue weighted by molar-refractivity contribution is 0.771. The summed E-state index contributed by atoms with van der Waals surface area (Å²) >= 11 is 1.49. The van der Waals surface area contributed by atoms with E-state index < -0.39 is 0 Å². The van der Waals surface area contributed by atoms with Gasteiger partial charge in [-0.2, -0.15) is 10.4 Å². The van der Waals surface area contributed by atoms with Gasteiger partial charge in [0.15, 0.2) is 5.16 Å². The first-order chi connectivity index (χ1) is 12.3. The molecule has 124 valence electrons. The minimum atomic E-state index is 0.222.